The molecule has 2 amide bonds. The molecule has 2 aromatic rings. The molecule has 6 heteroatoms. The highest BCUT2D eigenvalue weighted by atomic mass is 16.2. The molecule has 3 heterocycles. The zero-order chi connectivity index (χ0) is 19.3. The zero-order valence-corrected chi connectivity index (χ0v) is 16.7. The fourth-order valence-corrected chi connectivity index (χ4v) is 4.46. The molecule has 0 aliphatic carbocycles. The summed E-state index contributed by atoms with van der Waals surface area (Å²) in [6, 6.07) is 11.0. The number of likely N-dealkylation sites (tertiary alicyclic amines) is 2. The maximum absolute atomic E-state index is 12.7. The lowest BCUT2D eigenvalue weighted by atomic mass is 9.94. The number of aromatic nitrogens is 2. The van der Waals surface area contributed by atoms with E-state index in [0.29, 0.717) is 12.0 Å². The van der Waals surface area contributed by atoms with Gasteiger partial charge in [-0.25, -0.2) is 4.79 Å². The third-order valence-electron chi connectivity index (χ3n) is 6.25. The molecule has 2 fully saturated rings. The van der Waals surface area contributed by atoms with E-state index in [0.717, 1.165) is 38.2 Å². The number of nitrogens with one attached hydrogen (secondary N) is 2. The number of carbonyl (C=O) groups is 1. The first-order valence-electron chi connectivity index (χ1n) is 10.6. The summed E-state index contributed by atoms with van der Waals surface area (Å²) in [6.45, 7) is 6.00. The number of rotatable bonds is 4. The highest BCUT2D eigenvalue weighted by Gasteiger charge is 2.24. The second-order valence-electron chi connectivity index (χ2n) is 8.22. The van der Waals surface area contributed by atoms with E-state index in [1.807, 2.05) is 23.1 Å². The Hall–Kier alpha value is -2.34. The minimum Gasteiger partial charge on any atom is -0.324 e. The van der Waals surface area contributed by atoms with Crippen molar-refractivity contribution in [1.82, 2.24) is 20.0 Å². The Kier molecular flexibility index (Phi) is 5.95. The van der Waals surface area contributed by atoms with Gasteiger partial charge in [-0.05, 0) is 62.9 Å². The number of piperidine rings is 2. The van der Waals surface area contributed by atoms with Gasteiger partial charge in [-0.1, -0.05) is 18.6 Å². The Morgan fingerprint density at radius 2 is 2.04 bits per heavy atom. The zero-order valence-electron chi connectivity index (χ0n) is 16.7. The van der Waals surface area contributed by atoms with Crippen LogP contribution in [0.25, 0.3) is 0 Å². The molecule has 1 atom stereocenters. The molecule has 2 aliphatic rings. The number of aromatic amines is 1. The summed E-state index contributed by atoms with van der Waals surface area (Å²) in [5.41, 5.74) is 3.34. The quantitative estimate of drug-likeness (QED) is 0.834. The van der Waals surface area contributed by atoms with Crippen molar-refractivity contribution in [3.8, 4) is 0 Å². The van der Waals surface area contributed by atoms with E-state index in [2.05, 4.69) is 39.5 Å². The largest absolute Gasteiger partial charge is 0.324 e. The molecule has 0 spiro atoms. The number of hydrogen-bond donors (Lipinski definition) is 2. The van der Waals surface area contributed by atoms with Gasteiger partial charge in [0.1, 0.15) is 0 Å². The van der Waals surface area contributed by atoms with Gasteiger partial charge >= 0.3 is 6.03 Å². The van der Waals surface area contributed by atoms with E-state index >= 15 is 0 Å². The molecule has 0 bridgehead atoms. The topological polar surface area (TPSA) is 64.3 Å². The Bertz CT molecular complexity index is 767. The van der Waals surface area contributed by atoms with Crippen LogP contribution in [-0.4, -0.2) is 51.7 Å². The number of H-pyrrole nitrogens is 1. The number of benzene rings is 1. The van der Waals surface area contributed by atoms with Gasteiger partial charge in [0.15, 0.2) is 0 Å². The molecule has 0 saturated carbocycles. The Labute approximate surface area is 167 Å². The van der Waals surface area contributed by atoms with E-state index < -0.39 is 0 Å². The van der Waals surface area contributed by atoms with Crippen LogP contribution in [0.5, 0.6) is 0 Å². The highest BCUT2D eigenvalue weighted by molar-refractivity contribution is 5.89. The molecule has 1 aromatic carbocycles. The molecule has 2 aliphatic heterocycles. The Morgan fingerprint density at radius 1 is 1.18 bits per heavy atom. The first kappa shape index (κ1) is 19.0. The van der Waals surface area contributed by atoms with Gasteiger partial charge in [0.05, 0.1) is 0 Å². The van der Waals surface area contributed by atoms with Gasteiger partial charge < -0.3 is 10.2 Å². The van der Waals surface area contributed by atoms with Gasteiger partial charge in [0.25, 0.3) is 0 Å². The number of nitrogens with zero attached hydrogens (tertiary/aromatic N) is 3. The molecular formula is C22H31N5O. The van der Waals surface area contributed by atoms with Crippen LogP contribution in [0.4, 0.5) is 10.5 Å². The van der Waals surface area contributed by atoms with Crippen LogP contribution in [0, 0.1) is 0 Å². The summed E-state index contributed by atoms with van der Waals surface area (Å²) in [5, 5.41) is 10.2. The molecule has 0 unspecified atom stereocenters. The van der Waals surface area contributed by atoms with Crippen LogP contribution < -0.4 is 5.32 Å². The van der Waals surface area contributed by atoms with Crippen LogP contribution in [0.3, 0.4) is 0 Å². The minimum atomic E-state index is 0.00607. The number of anilines is 1. The molecule has 2 N–H and O–H groups in total. The lowest BCUT2D eigenvalue weighted by molar-refractivity contribution is 0.152. The van der Waals surface area contributed by atoms with Crippen molar-refractivity contribution in [2.75, 3.05) is 25.0 Å². The van der Waals surface area contributed by atoms with E-state index in [1.165, 1.54) is 37.1 Å². The fraction of sp³-hybridized carbons (Fsp3) is 0.545. The first-order chi connectivity index (χ1) is 13.7. The molecule has 6 nitrogen and oxygen atoms in total. The van der Waals surface area contributed by atoms with Crippen LogP contribution >= 0.6 is 0 Å². The van der Waals surface area contributed by atoms with Gasteiger partial charge in [0.2, 0.25) is 0 Å². The van der Waals surface area contributed by atoms with Crippen molar-refractivity contribution in [3.05, 3.63) is 47.8 Å². The summed E-state index contributed by atoms with van der Waals surface area (Å²) in [7, 11) is 0. The monoisotopic (exact) mass is 381 g/mol. The molecular weight excluding hydrogens is 350 g/mol. The number of amides is 2. The molecule has 28 heavy (non-hydrogen) atoms. The van der Waals surface area contributed by atoms with Crippen molar-refractivity contribution in [3.63, 3.8) is 0 Å². The maximum Gasteiger partial charge on any atom is 0.321 e. The van der Waals surface area contributed by atoms with Crippen molar-refractivity contribution < 1.29 is 4.79 Å². The first-order valence-corrected chi connectivity index (χ1v) is 10.6. The Morgan fingerprint density at radius 3 is 2.79 bits per heavy atom. The fourth-order valence-electron chi connectivity index (χ4n) is 4.46. The lowest BCUT2D eigenvalue weighted by Crippen LogP contribution is -2.40. The second kappa shape index (κ2) is 8.78. The Balaban J connectivity index is 1.31. The molecule has 2 saturated heterocycles. The summed E-state index contributed by atoms with van der Waals surface area (Å²) in [4.78, 5) is 17.2. The predicted octanol–water partition coefficient (Wildman–Crippen LogP) is 4.20. The van der Waals surface area contributed by atoms with Crippen molar-refractivity contribution >= 4 is 11.7 Å². The van der Waals surface area contributed by atoms with Gasteiger partial charge in [-0.3, -0.25) is 10.00 Å². The van der Waals surface area contributed by atoms with Gasteiger partial charge in [-0.15, -0.1) is 0 Å². The normalized spacial score (nSPS) is 21.6. The highest BCUT2D eigenvalue weighted by Crippen LogP contribution is 2.27. The van der Waals surface area contributed by atoms with E-state index in [-0.39, 0.29) is 6.03 Å². The second-order valence-corrected chi connectivity index (χ2v) is 8.22. The van der Waals surface area contributed by atoms with Crippen LogP contribution in [0.15, 0.2) is 36.5 Å². The van der Waals surface area contributed by atoms with Crippen LogP contribution in [0.1, 0.15) is 56.2 Å². The number of carbonyl (C=O) groups excluding carboxylic acids is 1. The van der Waals surface area contributed by atoms with E-state index in [9.17, 15) is 4.79 Å². The van der Waals surface area contributed by atoms with Gasteiger partial charge in [0, 0.05) is 49.2 Å². The molecule has 0 radical (unpaired) electrons. The van der Waals surface area contributed by atoms with E-state index in [4.69, 9.17) is 0 Å². The summed E-state index contributed by atoms with van der Waals surface area (Å²) < 4.78 is 0. The standard InChI is InChI=1S/C22H31N5O/c1-17-5-2-3-12-27(17)16-18-6-4-7-20(15-18)24-22(28)26-13-9-19(10-14-26)21-8-11-23-25-21/h4,6-8,11,15,17,19H,2-3,5,9-10,12-14,16H2,1H3,(H,23,25)(H,24,28)/t17-/m0/s1. The van der Waals surface area contributed by atoms with Crippen LogP contribution in [-0.2, 0) is 6.54 Å². The van der Waals surface area contributed by atoms with Crippen molar-refractivity contribution in [2.24, 2.45) is 0 Å². The molecule has 4 rings (SSSR count). The predicted molar refractivity (Wildman–Crippen MR) is 111 cm³/mol. The smallest absolute Gasteiger partial charge is 0.321 e. The third kappa shape index (κ3) is 4.55. The van der Waals surface area contributed by atoms with Crippen molar-refractivity contribution in [1.29, 1.82) is 0 Å². The maximum atomic E-state index is 12.7. The number of urea groups is 1. The summed E-state index contributed by atoms with van der Waals surface area (Å²) in [5.74, 6) is 0.474. The number of hydrogen-bond acceptors (Lipinski definition) is 3. The average Bonchev–Trinajstić information content (AvgIpc) is 3.25. The van der Waals surface area contributed by atoms with E-state index in [1.54, 1.807) is 6.20 Å². The summed E-state index contributed by atoms with van der Waals surface area (Å²) in [6.07, 6.45) is 7.65. The van der Waals surface area contributed by atoms with Crippen molar-refractivity contribution in [2.45, 2.75) is 57.5 Å². The molecule has 150 valence electrons. The average molecular weight is 382 g/mol. The lowest BCUT2D eigenvalue weighted by Gasteiger charge is -2.33. The third-order valence-corrected chi connectivity index (χ3v) is 6.25. The SMILES string of the molecule is C[C@H]1CCCCN1Cc1cccc(NC(=O)N2CCC(c3ccn[nH]3)CC2)c1. The summed E-state index contributed by atoms with van der Waals surface area (Å²) >= 11 is 0. The minimum absolute atomic E-state index is 0.00607. The van der Waals surface area contributed by atoms with Crippen LogP contribution in [0.2, 0.25) is 0 Å². The van der Waals surface area contributed by atoms with Gasteiger partial charge in [-0.2, -0.15) is 5.10 Å². The molecule has 1 aromatic heterocycles.